The Morgan fingerprint density at radius 3 is 2.89 bits per heavy atom. The highest BCUT2D eigenvalue weighted by atomic mass is 16.4. The minimum Gasteiger partial charge on any atom is -0.481 e. The van der Waals surface area contributed by atoms with Gasteiger partial charge in [-0.05, 0) is 44.9 Å². The van der Waals surface area contributed by atoms with E-state index in [1.165, 1.54) is 5.56 Å². The van der Waals surface area contributed by atoms with Crippen molar-refractivity contribution in [1.29, 1.82) is 0 Å². The number of carbonyl (C=O) groups is 1. The summed E-state index contributed by atoms with van der Waals surface area (Å²) in [6.45, 7) is 5.80. The molecule has 4 nitrogen and oxygen atoms in total. The number of hydrogen-bond donors (Lipinski definition) is 1. The molecule has 98 valence electrons. The van der Waals surface area contributed by atoms with Gasteiger partial charge in [0.05, 0.1) is 5.92 Å². The van der Waals surface area contributed by atoms with Crippen molar-refractivity contribution in [3.8, 4) is 0 Å². The van der Waals surface area contributed by atoms with E-state index in [2.05, 4.69) is 22.9 Å². The molecule has 0 radical (unpaired) electrons. The molecule has 0 aromatic carbocycles. The molecule has 2 unspecified atom stereocenters. The predicted octanol–water partition coefficient (Wildman–Crippen LogP) is 2.08. The molecule has 1 saturated heterocycles. The highest BCUT2D eigenvalue weighted by molar-refractivity contribution is 5.70. The Hall–Kier alpha value is -1.42. The molecule has 0 aliphatic carbocycles. The maximum absolute atomic E-state index is 11.0. The zero-order valence-corrected chi connectivity index (χ0v) is 11.0. The standard InChI is InChI=1S/C14H20N2O2/c1-10-3-4-12(8-15-10)9-16-6-5-13(14(17)18)7-11(16)2/h3-4,8,11,13H,5-7,9H2,1-2H3,(H,17,18). The average Bonchev–Trinajstić information content (AvgIpc) is 2.34. The van der Waals surface area contributed by atoms with E-state index in [1.54, 1.807) is 0 Å². The lowest BCUT2D eigenvalue weighted by Gasteiger charge is -2.36. The molecule has 0 saturated carbocycles. The smallest absolute Gasteiger partial charge is 0.306 e. The molecule has 1 fully saturated rings. The number of aryl methyl sites for hydroxylation is 1. The highest BCUT2D eigenvalue weighted by Crippen LogP contribution is 2.24. The van der Waals surface area contributed by atoms with Gasteiger partial charge in [-0.25, -0.2) is 0 Å². The Morgan fingerprint density at radius 1 is 1.56 bits per heavy atom. The van der Waals surface area contributed by atoms with Crippen LogP contribution < -0.4 is 0 Å². The SMILES string of the molecule is Cc1ccc(CN2CCC(C(=O)O)CC2C)cn1. The van der Waals surface area contributed by atoms with Gasteiger partial charge in [0.1, 0.15) is 0 Å². The number of hydrogen-bond acceptors (Lipinski definition) is 3. The molecular formula is C14H20N2O2. The molecule has 2 atom stereocenters. The highest BCUT2D eigenvalue weighted by Gasteiger charge is 2.29. The molecule has 0 spiro atoms. The van der Waals surface area contributed by atoms with Crippen LogP contribution >= 0.6 is 0 Å². The van der Waals surface area contributed by atoms with Crippen LogP contribution in [0.1, 0.15) is 31.0 Å². The van der Waals surface area contributed by atoms with Crippen molar-refractivity contribution in [1.82, 2.24) is 9.88 Å². The van der Waals surface area contributed by atoms with E-state index in [-0.39, 0.29) is 5.92 Å². The monoisotopic (exact) mass is 248 g/mol. The van der Waals surface area contributed by atoms with Gasteiger partial charge < -0.3 is 5.11 Å². The summed E-state index contributed by atoms with van der Waals surface area (Å²) < 4.78 is 0. The summed E-state index contributed by atoms with van der Waals surface area (Å²) >= 11 is 0. The topological polar surface area (TPSA) is 53.4 Å². The molecular weight excluding hydrogens is 228 g/mol. The number of aliphatic carboxylic acids is 1. The van der Waals surface area contributed by atoms with E-state index in [0.29, 0.717) is 6.04 Å². The lowest BCUT2D eigenvalue weighted by Crippen LogP contribution is -2.42. The number of carboxylic acids is 1. The maximum atomic E-state index is 11.0. The normalized spacial score (nSPS) is 25.0. The first-order valence-corrected chi connectivity index (χ1v) is 6.44. The van der Waals surface area contributed by atoms with Gasteiger partial charge in [-0.2, -0.15) is 0 Å². The number of nitrogens with zero attached hydrogens (tertiary/aromatic N) is 2. The van der Waals surface area contributed by atoms with E-state index in [0.717, 1.165) is 31.6 Å². The Kier molecular flexibility index (Phi) is 3.97. The molecule has 1 aromatic heterocycles. The molecule has 2 heterocycles. The molecule has 18 heavy (non-hydrogen) atoms. The van der Waals surface area contributed by atoms with E-state index in [9.17, 15) is 4.79 Å². The third kappa shape index (κ3) is 3.07. The first kappa shape index (κ1) is 13.0. The summed E-state index contributed by atoms with van der Waals surface area (Å²) in [6.07, 6.45) is 3.40. The van der Waals surface area contributed by atoms with Crippen LogP contribution in [0.2, 0.25) is 0 Å². The second-order valence-electron chi connectivity index (χ2n) is 5.19. The van der Waals surface area contributed by atoms with Crippen LogP contribution in [0.25, 0.3) is 0 Å². The van der Waals surface area contributed by atoms with Gasteiger partial charge in [0.25, 0.3) is 0 Å². The van der Waals surface area contributed by atoms with E-state index >= 15 is 0 Å². The van der Waals surface area contributed by atoms with Crippen LogP contribution in [-0.2, 0) is 11.3 Å². The van der Waals surface area contributed by atoms with Crippen molar-refractivity contribution >= 4 is 5.97 Å². The van der Waals surface area contributed by atoms with Gasteiger partial charge in [-0.3, -0.25) is 14.7 Å². The first-order chi connectivity index (χ1) is 8.56. The number of pyridine rings is 1. The van der Waals surface area contributed by atoms with Gasteiger partial charge in [0.15, 0.2) is 0 Å². The molecule has 2 rings (SSSR count). The van der Waals surface area contributed by atoms with Crippen molar-refractivity contribution in [3.63, 3.8) is 0 Å². The predicted molar refractivity (Wildman–Crippen MR) is 69.2 cm³/mol. The fourth-order valence-electron chi connectivity index (χ4n) is 2.51. The second kappa shape index (κ2) is 5.48. The van der Waals surface area contributed by atoms with Crippen LogP contribution in [0.15, 0.2) is 18.3 Å². The van der Waals surface area contributed by atoms with E-state index in [1.807, 2.05) is 19.2 Å². The zero-order chi connectivity index (χ0) is 13.1. The van der Waals surface area contributed by atoms with Crippen molar-refractivity contribution in [2.24, 2.45) is 5.92 Å². The quantitative estimate of drug-likeness (QED) is 0.889. The van der Waals surface area contributed by atoms with Crippen LogP contribution in [0.4, 0.5) is 0 Å². The third-order valence-corrected chi connectivity index (χ3v) is 3.72. The van der Waals surface area contributed by atoms with Gasteiger partial charge in [-0.1, -0.05) is 6.07 Å². The fraction of sp³-hybridized carbons (Fsp3) is 0.571. The van der Waals surface area contributed by atoms with Gasteiger partial charge in [-0.15, -0.1) is 0 Å². The molecule has 1 aliphatic rings. The fourth-order valence-corrected chi connectivity index (χ4v) is 2.51. The number of piperidine rings is 1. The summed E-state index contributed by atoms with van der Waals surface area (Å²) in [5, 5.41) is 9.03. The minimum atomic E-state index is -0.654. The maximum Gasteiger partial charge on any atom is 0.306 e. The van der Waals surface area contributed by atoms with Gasteiger partial charge in [0.2, 0.25) is 0 Å². The Morgan fingerprint density at radius 2 is 2.33 bits per heavy atom. The van der Waals surface area contributed by atoms with Crippen molar-refractivity contribution in [2.75, 3.05) is 6.54 Å². The number of likely N-dealkylation sites (tertiary alicyclic amines) is 1. The van der Waals surface area contributed by atoms with Gasteiger partial charge >= 0.3 is 5.97 Å². The summed E-state index contributed by atoms with van der Waals surface area (Å²) in [5.41, 5.74) is 2.22. The third-order valence-electron chi connectivity index (χ3n) is 3.72. The number of rotatable bonds is 3. The Bertz CT molecular complexity index is 416. The number of carboxylic acid groups (broad SMARTS) is 1. The Balaban J connectivity index is 1.95. The summed E-state index contributed by atoms with van der Waals surface area (Å²) in [6, 6.07) is 4.43. The first-order valence-electron chi connectivity index (χ1n) is 6.44. The molecule has 1 aliphatic heterocycles. The van der Waals surface area contributed by atoms with Crippen LogP contribution in [0, 0.1) is 12.8 Å². The molecule has 0 bridgehead atoms. The number of aromatic nitrogens is 1. The summed E-state index contributed by atoms with van der Waals surface area (Å²) in [4.78, 5) is 17.6. The van der Waals surface area contributed by atoms with E-state index in [4.69, 9.17) is 5.11 Å². The van der Waals surface area contributed by atoms with Crippen LogP contribution in [0.3, 0.4) is 0 Å². The second-order valence-corrected chi connectivity index (χ2v) is 5.19. The lowest BCUT2D eigenvalue weighted by atomic mass is 9.91. The van der Waals surface area contributed by atoms with Gasteiger partial charge in [0, 0.05) is 24.5 Å². The minimum absolute atomic E-state index is 0.174. The average molecular weight is 248 g/mol. The van der Waals surface area contributed by atoms with Crippen molar-refractivity contribution in [2.45, 2.75) is 39.3 Å². The lowest BCUT2D eigenvalue weighted by molar-refractivity contribution is -0.144. The molecule has 1 N–H and O–H groups in total. The van der Waals surface area contributed by atoms with E-state index < -0.39 is 5.97 Å². The van der Waals surface area contributed by atoms with Crippen LogP contribution in [-0.4, -0.2) is 33.5 Å². The summed E-state index contributed by atoms with van der Waals surface area (Å²) in [7, 11) is 0. The van der Waals surface area contributed by atoms with Crippen LogP contribution in [0.5, 0.6) is 0 Å². The largest absolute Gasteiger partial charge is 0.481 e. The van der Waals surface area contributed by atoms with Crippen molar-refractivity contribution < 1.29 is 9.90 Å². The van der Waals surface area contributed by atoms with Crippen molar-refractivity contribution in [3.05, 3.63) is 29.6 Å². The zero-order valence-electron chi connectivity index (χ0n) is 11.0. The summed E-state index contributed by atoms with van der Waals surface area (Å²) in [5.74, 6) is -0.828. The Labute approximate surface area is 108 Å². The molecule has 1 aromatic rings. The molecule has 4 heteroatoms. The molecule has 0 amide bonds.